The third-order valence-electron chi connectivity index (χ3n) is 3.05. The molecule has 0 aliphatic rings. The Labute approximate surface area is 129 Å². The van der Waals surface area contributed by atoms with Gasteiger partial charge in [-0.2, -0.15) is 5.26 Å². The molecule has 116 valence electrons. The fourth-order valence-corrected chi connectivity index (χ4v) is 4.72. The van der Waals surface area contributed by atoms with Gasteiger partial charge in [-0.15, -0.1) is 0 Å². The summed E-state index contributed by atoms with van der Waals surface area (Å²) in [5.41, 5.74) is 1.26. The van der Waals surface area contributed by atoms with E-state index in [1.54, 1.807) is 0 Å². The van der Waals surface area contributed by atoms with Crippen LogP contribution in [0.15, 0.2) is 30.3 Å². The molecule has 0 saturated heterocycles. The molecule has 0 atom stereocenters. The van der Waals surface area contributed by atoms with Crippen LogP contribution in [-0.2, 0) is 19.7 Å². The summed E-state index contributed by atoms with van der Waals surface area (Å²) in [6.07, 6.45) is 2.10. The van der Waals surface area contributed by atoms with Gasteiger partial charge in [-0.1, -0.05) is 30.3 Å². The second-order valence-electron chi connectivity index (χ2n) is 4.64. The molecule has 0 aliphatic carbocycles. The predicted molar refractivity (Wildman–Crippen MR) is 84.8 cm³/mol. The minimum atomic E-state index is -2.64. The van der Waals surface area contributed by atoms with Crippen molar-refractivity contribution in [2.75, 3.05) is 19.8 Å². The molecule has 4 nitrogen and oxygen atoms in total. The largest absolute Gasteiger partial charge is 0.501 e. The molecular formula is C16H25NO3Si. The van der Waals surface area contributed by atoms with E-state index in [2.05, 4.69) is 18.2 Å². The number of nitrogens with zero attached hydrogens (tertiary/aromatic N) is 1. The molecule has 1 aromatic carbocycles. The van der Waals surface area contributed by atoms with Gasteiger partial charge in [0.15, 0.2) is 0 Å². The summed E-state index contributed by atoms with van der Waals surface area (Å²) in [6, 6.07) is 13.2. The van der Waals surface area contributed by atoms with E-state index < -0.39 is 8.80 Å². The Bertz CT molecular complexity index is 413. The van der Waals surface area contributed by atoms with Gasteiger partial charge < -0.3 is 13.3 Å². The number of hydrogen-bond acceptors (Lipinski definition) is 4. The Morgan fingerprint density at radius 3 is 2.29 bits per heavy atom. The maximum absolute atomic E-state index is 8.60. The fourth-order valence-electron chi connectivity index (χ4n) is 2.10. The Balaban J connectivity index is 2.62. The lowest BCUT2D eigenvalue weighted by Crippen LogP contribution is -2.46. The molecule has 0 aliphatic heterocycles. The van der Waals surface area contributed by atoms with Gasteiger partial charge in [-0.3, -0.25) is 0 Å². The van der Waals surface area contributed by atoms with Crippen LogP contribution in [0.3, 0.4) is 0 Å². The molecule has 0 N–H and O–H groups in total. The fraction of sp³-hybridized carbons (Fsp3) is 0.562. The Kier molecular flexibility index (Phi) is 8.95. The van der Waals surface area contributed by atoms with E-state index in [4.69, 9.17) is 18.5 Å². The van der Waals surface area contributed by atoms with Gasteiger partial charge in [0, 0.05) is 32.3 Å². The number of hydrogen-bond donors (Lipinski definition) is 0. The number of aryl methyl sites for hydroxylation is 1. The summed E-state index contributed by atoms with van der Waals surface area (Å²) in [7, 11) is -2.64. The van der Waals surface area contributed by atoms with Crippen molar-refractivity contribution in [3.8, 4) is 6.07 Å². The number of rotatable bonds is 11. The van der Waals surface area contributed by atoms with Gasteiger partial charge in [0.25, 0.3) is 0 Å². The van der Waals surface area contributed by atoms with Crippen LogP contribution in [0.25, 0.3) is 0 Å². The van der Waals surface area contributed by atoms with Crippen molar-refractivity contribution in [3.05, 3.63) is 35.9 Å². The molecule has 1 rings (SSSR count). The zero-order chi connectivity index (χ0) is 15.4. The molecule has 5 heteroatoms. The lowest BCUT2D eigenvalue weighted by atomic mass is 10.2. The van der Waals surface area contributed by atoms with Crippen molar-refractivity contribution in [1.82, 2.24) is 0 Å². The van der Waals surface area contributed by atoms with Crippen molar-refractivity contribution in [2.24, 2.45) is 0 Å². The van der Waals surface area contributed by atoms with Crippen LogP contribution in [0.1, 0.15) is 32.3 Å². The Morgan fingerprint density at radius 1 is 1.05 bits per heavy atom. The van der Waals surface area contributed by atoms with Crippen molar-refractivity contribution >= 4 is 8.80 Å². The number of unbranched alkanes of at least 4 members (excludes halogenated alkanes) is 1. The highest BCUT2D eigenvalue weighted by Crippen LogP contribution is 2.19. The zero-order valence-electron chi connectivity index (χ0n) is 13.0. The zero-order valence-corrected chi connectivity index (χ0v) is 14.0. The number of benzene rings is 1. The molecule has 0 fully saturated rings. The average molecular weight is 307 g/mol. The van der Waals surface area contributed by atoms with Crippen molar-refractivity contribution < 1.29 is 13.3 Å². The number of nitriles is 1. The van der Waals surface area contributed by atoms with Gasteiger partial charge in [0.2, 0.25) is 0 Å². The lowest BCUT2D eigenvalue weighted by Gasteiger charge is -2.29. The van der Waals surface area contributed by atoms with Gasteiger partial charge >= 0.3 is 8.80 Å². The summed E-state index contributed by atoms with van der Waals surface area (Å²) in [6.45, 7) is 5.61. The van der Waals surface area contributed by atoms with Gasteiger partial charge in [0.1, 0.15) is 0 Å². The van der Waals surface area contributed by atoms with E-state index in [0.717, 1.165) is 18.9 Å². The topological polar surface area (TPSA) is 51.5 Å². The minimum Gasteiger partial charge on any atom is -0.374 e. The molecule has 0 unspecified atom stereocenters. The van der Waals surface area contributed by atoms with E-state index in [9.17, 15) is 0 Å². The summed E-state index contributed by atoms with van der Waals surface area (Å²) >= 11 is 0. The first-order valence-corrected chi connectivity index (χ1v) is 9.52. The molecule has 0 radical (unpaired) electrons. The highest BCUT2D eigenvalue weighted by molar-refractivity contribution is 6.60. The van der Waals surface area contributed by atoms with Gasteiger partial charge in [0.05, 0.1) is 6.07 Å². The Hall–Kier alpha value is -1.19. The molecular weight excluding hydrogens is 282 g/mol. The monoisotopic (exact) mass is 307 g/mol. The van der Waals surface area contributed by atoms with E-state index >= 15 is 0 Å². The van der Waals surface area contributed by atoms with Crippen molar-refractivity contribution in [2.45, 2.75) is 39.2 Å². The third-order valence-corrected chi connectivity index (χ3v) is 6.01. The first-order chi connectivity index (χ1) is 10.3. The summed E-state index contributed by atoms with van der Waals surface area (Å²) in [5, 5.41) is 8.60. The van der Waals surface area contributed by atoms with Crippen molar-refractivity contribution in [3.63, 3.8) is 0 Å². The first-order valence-electron chi connectivity index (χ1n) is 7.59. The molecule has 1 aromatic rings. The maximum atomic E-state index is 8.60. The van der Waals surface area contributed by atoms with E-state index in [0.29, 0.717) is 26.2 Å². The maximum Gasteiger partial charge on any atom is 0.501 e. The van der Waals surface area contributed by atoms with Crippen LogP contribution in [0, 0.1) is 11.3 Å². The molecule has 0 heterocycles. The molecule has 0 spiro atoms. The normalized spacial score (nSPS) is 11.3. The Morgan fingerprint density at radius 2 is 1.71 bits per heavy atom. The molecule has 21 heavy (non-hydrogen) atoms. The smallest absolute Gasteiger partial charge is 0.374 e. The second kappa shape index (κ2) is 10.5. The van der Waals surface area contributed by atoms with Crippen LogP contribution >= 0.6 is 0 Å². The van der Waals surface area contributed by atoms with Gasteiger partial charge in [-0.25, -0.2) is 0 Å². The lowest BCUT2D eigenvalue weighted by molar-refractivity contribution is 0.0665. The minimum absolute atomic E-state index is 0.501. The van der Waals surface area contributed by atoms with Crippen molar-refractivity contribution in [1.29, 1.82) is 5.26 Å². The second-order valence-corrected chi connectivity index (χ2v) is 7.38. The van der Waals surface area contributed by atoms with Crippen LogP contribution in [0.5, 0.6) is 0 Å². The molecule has 0 aromatic heterocycles. The summed E-state index contributed by atoms with van der Waals surface area (Å²) in [5.74, 6) is 0. The highest BCUT2D eigenvalue weighted by atomic mass is 28.4. The van der Waals surface area contributed by atoms with E-state index in [-0.39, 0.29) is 0 Å². The molecule has 0 amide bonds. The van der Waals surface area contributed by atoms with E-state index in [1.807, 2.05) is 32.0 Å². The van der Waals surface area contributed by atoms with Crippen LogP contribution < -0.4 is 0 Å². The average Bonchev–Trinajstić information content (AvgIpc) is 2.51. The van der Waals surface area contributed by atoms with E-state index in [1.165, 1.54) is 5.56 Å². The highest BCUT2D eigenvalue weighted by Gasteiger charge is 2.40. The predicted octanol–water partition coefficient (Wildman–Crippen LogP) is 3.56. The van der Waals surface area contributed by atoms with Crippen LogP contribution in [0.2, 0.25) is 6.04 Å². The standard InChI is InChI=1S/C16H25NO3Si/c1-3-18-21(19-4-2,20-14-9-8-13-17)15-12-16-10-6-5-7-11-16/h5-7,10-11H,3-4,8-9,12,14-15H2,1-2H3. The molecule has 0 saturated carbocycles. The summed E-state index contributed by atoms with van der Waals surface area (Å²) < 4.78 is 17.7. The quantitative estimate of drug-likeness (QED) is 0.463. The summed E-state index contributed by atoms with van der Waals surface area (Å²) in [4.78, 5) is 0. The van der Waals surface area contributed by atoms with Crippen LogP contribution in [0.4, 0.5) is 0 Å². The molecule has 0 bridgehead atoms. The third kappa shape index (κ3) is 6.87. The van der Waals surface area contributed by atoms with Crippen LogP contribution in [-0.4, -0.2) is 28.6 Å². The van der Waals surface area contributed by atoms with Gasteiger partial charge in [-0.05, 0) is 32.3 Å². The first kappa shape index (κ1) is 17.9. The SMILES string of the molecule is CCO[Si](CCc1ccccc1)(OCC)OCCCC#N.